The standard InChI is InChI=1S/C17H23N3O/c1-3-19-10-12-20(13-11-19)17(21)16-8-4-6-15(14(16)2)7-5-9-18/h4,6,8H,3,9-13,18H2,1-2H3. The zero-order valence-corrected chi connectivity index (χ0v) is 12.9. The van der Waals surface area contributed by atoms with Crippen LogP contribution < -0.4 is 5.73 Å². The molecule has 4 nitrogen and oxygen atoms in total. The Morgan fingerprint density at radius 2 is 2.00 bits per heavy atom. The van der Waals surface area contributed by atoms with Crippen LogP contribution in [-0.4, -0.2) is 55.0 Å². The number of amides is 1. The van der Waals surface area contributed by atoms with Gasteiger partial charge >= 0.3 is 0 Å². The molecule has 112 valence electrons. The van der Waals surface area contributed by atoms with Crippen molar-refractivity contribution in [1.29, 1.82) is 0 Å². The van der Waals surface area contributed by atoms with Gasteiger partial charge in [0.2, 0.25) is 0 Å². The summed E-state index contributed by atoms with van der Waals surface area (Å²) >= 11 is 0. The second-order valence-electron chi connectivity index (χ2n) is 5.21. The number of rotatable bonds is 2. The van der Waals surface area contributed by atoms with E-state index in [-0.39, 0.29) is 5.91 Å². The maximum atomic E-state index is 12.7. The van der Waals surface area contributed by atoms with Crippen molar-refractivity contribution in [3.05, 3.63) is 34.9 Å². The fourth-order valence-electron chi connectivity index (χ4n) is 2.59. The van der Waals surface area contributed by atoms with Gasteiger partial charge in [0.05, 0.1) is 6.54 Å². The fourth-order valence-corrected chi connectivity index (χ4v) is 2.59. The molecular formula is C17H23N3O. The molecule has 1 fully saturated rings. The molecule has 1 aliphatic heterocycles. The highest BCUT2D eigenvalue weighted by Gasteiger charge is 2.22. The molecule has 21 heavy (non-hydrogen) atoms. The molecule has 1 aromatic carbocycles. The Morgan fingerprint density at radius 1 is 1.29 bits per heavy atom. The van der Waals surface area contributed by atoms with Crippen LogP contribution in [-0.2, 0) is 0 Å². The van der Waals surface area contributed by atoms with E-state index >= 15 is 0 Å². The predicted molar refractivity (Wildman–Crippen MR) is 85.1 cm³/mol. The van der Waals surface area contributed by atoms with Crippen LogP contribution in [0.25, 0.3) is 0 Å². The Hall–Kier alpha value is -1.83. The van der Waals surface area contributed by atoms with E-state index in [4.69, 9.17) is 5.73 Å². The highest BCUT2D eigenvalue weighted by molar-refractivity contribution is 5.96. The van der Waals surface area contributed by atoms with Crippen LogP contribution in [0.15, 0.2) is 18.2 Å². The molecule has 2 N–H and O–H groups in total. The van der Waals surface area contributed by atoms with E-state index < -0.39 is 0 Å². The topological polar surface area (TPSA) is 49.6 Å². The van der Waals surface area contributed by atoms with E-state index in [1.165, 1.54) is 0 Å². The maximum absolute atomic E-state index is 12.7. The van der Waals surface area contributed by atoms with Gasteiger partial charge in [-0.2, -0.15) is 0 Å². The second-order valence-corrected chi connectivity index (χ2v) is 5.21. The van der Waals surface area contributed by atoms with Crippen LogP contribution in [0.2, 0.25) is 0 Å². The lowest BCUT2D eigenvalue weighted by atomic mass is 10.0. The average molecular weight is 285 g/mol. The molecule has 2 rings (SSSR count). The molecule has 1 heterocycles. The van der Waals surface area contributed by atoms with E-state index in [0.29, 0.717) is 6.54 Å². The summed E-state index contributed by atoms with van der Waals surface area (Å²) < 4.78 is 0. The summed E-state index contributed by atoms with van der Waals surface area (Å²) in [5, 5.41) is 0. The van der Waals surface area contributed by atoms with Gasteiger partial charge < -0.3 is 15.5 Å². The van der Waals surface area contributed by atoms with Crippen molar-refractivity contribution < 1.29 is 4.79 Å². The van der Waals surface area contributed by atoms with Gasteiger partial charge in [0, 0.05) is 37.3 Å². The Bertz CT molecular complexity index is 563. The number of nitrogens with two attached hydrogens (primary N) is 1. The third-order valence-corrected chi connectivity index (χ3v) is 4.00. The van der Waals surface area contributed by atoms with Gasteiger partial charge in [-0.1, -0.05) is 24.8 Å². The molecule has 0 aliphatic carbocycles. The van der Waals surface area contributed by atoms with Gasteiger partial charge in [0.1, 0.15) is 0 Å². The number of likely N-dealkylation sites (N-methyl/N-ethyl adjacent to an activating group) is 1. The molecule has 1 amide bonds. The summed E-state index contributed by atoms with van der Waals surface area (Å²) in [5.41, 5.74) is 8.00. The van der Waals surface area contributed by atoms with Crippen molar-refractivity contribution in [3.8, 4) is 11.8 Å². The summed E-state index contributed by atoms with van der Waals surface area (Å²) in [4.78, 5) is 17.0. The number of hydrogen-bond donors (Lipinski definition) is 1. The molecule has 0 radical (unpaired) electrons. The maximum Gasteiger partial charge on any atom is 0.254 e. The third-order valence-electron chi connectivity index (χ3n) is 4.00. The monoisotopic (exact) mass is 285 g/mol. The van der Waals surface area contributed by atoms with Gasteiger partial charge in [-0.25, -0.2) is 0 Å². The lowest BCUT2D eigenvalue weighted by Gasteiger charge is -2.34. The quantitative estimate of drug-likeness (QED) is 0.827. The van der Waals surface area contributed by atoms with Crippen molar-refractivity contribution in [3.63, 3.8) is 0 Å². The summed E-state index contributed by atoms with van der Waals surface area (Å²) in [7, 11) is 0. The summed E-state index contributed by atoms with van der Waals surface area (Å²) in [6.07, 6.45) is 0. The Morgan fingerprint density at radius 3 is 2.62 bits per heavy atom. The first-order chi connectivity index (χ1) is 10.2. The number of carbonyl (C=O) groups is 1. The molecule has 0 saturated carbocycles. The van der Waals surface area contributed by atoms with E-state index in [1.807, 2.05) is 30.0 Å². The van der Waals surface area contributed by atoms with Gasteiger partial charge in [-0.15, -0.1) is 0 Å². The predicted octanol–water partition coefficient (Wildman–Crippen LogP) is 1.08. The SMILES string of the molecule is CCN1CCN(C(=O)c2cccc(C#CCN)c2C)CC1. The minimum Gasteiger partial charge on any atom is -0.336 e. The molecule has 0 unspecified atom stereocenters. The van der Waals surface area contributed by atoms with Crippen LogP contribution in [0.3, 0.4) is 0 Å². The Labute approximate surface area is 126 Å². The number of piperazine rings is 1. The van der Waals surface area contributed by atoms with E-state index in [9.17, 15) is 4.79 Å². The normalized spacial score (nSPS) is 15.5. The van der Waals surface area contributed by atoms with E-state index in [2.05, 4.69) is 23.7 Å². The van der Waals surface area contributed by atoms with Crippen molar-refractivity contribution >= 4 is 5.91 Å². The molecule has 0 bridgehead atoms. The largest absolute Gasteiger partial charge is 0.336 e. The lowest BCUT2D eigenvalue weighted by Crippen LogP contribution is -2.48. The molecule has 1 aromatic rings. The Balaban J connectivity index is 2.16. The molecule has 1 aliphatic rings. The highest BCUT2D eigenvalue weighted by atomic mass is 16.2. The zero-order chi connectivity index (χ0) is 15.2. The first kappa shape index (κ1) is 15.6. The van der Waals surface area contributed by atoms with Crippen LogP contribution in [0.1, 0.15) is 28.4 Å². The van der Waals surface area contributed by atoms with Crippen LogP contribution in [0.4, 0.5) is 0 Å². The van der Waals surface area contributed by atoms with Crippen LogP contribution >= 0.6 is 0 Å². The number of nitrogens with zero attached hydrogens (tertiary/aromatic N) is 2. The first-order valence-corrected chi connectivity index (χ1v) is 7.47. The zero-order valence-electron chi connectivity index (χ0n) is 12.9. The highest BCUT2D eigenvalue weighted by Crippen LogP contribution is 2.16. The van der Waals surface area contributed by atoms with Crippen molar-refractivity contribution in [1.82, 2.24) is 9.80 Å². The summed E-state index contributed by atoms with van der Waals surface area (Å²) in [5.74, 6) is 5.99. The van der Waals surface area contributed by atoms with E-state index in [1.54, 1.807) is 0 Å². The fraction of sp³-hybridized carbons (Fsp3) is 0.471. The molecule has 0 aromatic heterocycles. The van der Waals surface area contributed by atoms with Gasteiger partial charge in [-0.05, 0) is 31.2 Å². The van der Waals surface area contributed by atoms with Gasteiger partial charge in [0.15, 0.2) is 0 Å². The molecule has 0 atom stereocenters. The van der Waals surface area contributed by atoms with Crippen molar-refractivity contribution in [2.45, 2.75) is 13.8 Å². The summed E-state index contributed by atoms with van der Waals surface area (Å²) in [6, 6.07) is 5.71. The minimum absolute atomic E-state index is 0.111. The molecule has 1 saturated heterocycles. The number of carbonyl (C=O) groups excluding carboxylic acids is 1. The van der Waals surface area contributed by atoms with E-state index in [0.717, 1.165) is 49.4 Å². The van der Waals surface area contributed by atoms with Crippen LogP contribution in [0, 0.1) is 18.8 Å². The third kappa shape index (κ3) is 3.63. The lowest BCUT2D eigenvalue weighted by molar-refractivity contribution is 0.0642. The van der Waals surface area contributed by atoms with Crippen molar-refractivity contribution in [2.24, 2.45) is 5.73 Å². The second kappa shape index (κ2) is 7.26. The average Bonchev–Trinajstić information content (AvgIpc) is 2.53. The smallest absolute Gasteiger partial charge is 0.254 e. The Kier molecular flexibility index (Phi) is 5.38. The van der Waals surface area contributed by atoms with Gasteiger partial charge in [-0.3, -0.25) is 4.79 Å². The molecular weight excluding hydrogens is 262 g/mol. The molecule has 4 heteroatoms. The van der Waals surface area contributed by atoms with Crippen LogP contribution in [0.5, 0.6) is 0 Å². The minimum atomic E-state index is 0.111. The molecule has 0 spiro atoms. The number of hydrogen-bond acceptors (Lipinski definition) is 3. The first-order valence-electron chi connectivity index (χ1n) is 7.47. The number of benzene rings is 1. The van der Waals surface area contributed by atoms with Gasteiger partial charge in [0.25, 0.3) is 5.91 Å². The summed E-state index contributed by atoms with van der Waals surface area (Å²) in [6.45, 7) is 8.98. The van der Waals surface area contributed by atoms with Crippen molar-refractivity contribution in [2.75, 3.05) is 39.3 Å².